The second-order valence-electron chi connectivity index (χ2n) is 5.98. The normalized spacial score (nSPS) is 22.9. The Labute approximate surface area is 110 Å². The number of rotatable bonds is 3. The fraction of sp³-hybridized carbons (Fsp3) is 0.733. The van der Waals surface area contributed by atoms with Crippen LogP contribution in [0.4, 0.5) is 0 Å². The van der Waals surface area contributed by atoms with E-state index in [2.05, 4.69) is 14.9 Å². The summed E-state index contributed by atoms with van der Waals surface area (Å²) in [6, 6.07) is 1.97. The third-order valence-electron chi connectivity index (χ3n) is 4.38. The van der Waals surface area contributed by atoms with Crippen molar-refractivity contribution < 1.29 is 0 Å². The Bertz CT molecular complexity index is 392. The van der Waals surface area contributed by atoms with Crippen LogP contribution in [0.1, 0.15) is 49.5 Å². The minimum absolute atomic E-state index is 0.577. The zero-order chi connectivity index (χ0) is 12.4. The molecule has 0 unspecified atom stereocenters. The molecule has 2 heterocycles. The van der Waals surface area contributed by atoms with Crippen LogP contribution in [-0.4, -0.2) is 34.5 Å². The standard InChI is InChI=1S/C15H23N3/c1-12-7-8-16-15(17-12)14-10-18(11-14)9-13-5-3-2-4-6-13/h7-8,13-14H,2-6,9-11H2,1H3. The number of aromatic nitrogens is 2. The fourth-order valence-electron chi connectivity index (χ4n) is 3.28. The molecule has 3 nitrogen and oxygen atoms in total. The molecule has 98 valence electrons. The molecule has 0 aromatic carbocycles. The van der Waals surface area contributed by atoms with Crippen LogP contribution in [0.15, 0.2) is 12.3 Å². The van der Waals surface area contributed by atoms with Crippen LogP contribution in [0.2, 0.25) is 0 Å². The van der Waals surface area contributed by atoms with Gasteiger partial charge in [-0.25, -0.2) is 9.97 Å². The summed E-state index contributed by atoms with van der Waals surface area (Å²) in [7, 11) is 0. The molecule has 1 aromatic rings. The van der Waals surface area contributed by atoms with Crippen LogP contribution in [-0.2, 0) is 0 Å². The molecular weight excluding hydrogens is 222 g/mol. The van der Waals surface area contributed by atoms with Gasteiger partial charge in [-0.2, -0.15) is 0 Å². The molecule has 3 rings (SSSR count). The summed E-state index contributed by atoms with van der Waals surface area (Å²) in [4.78, 5) is 11.5. The van der Waals surface area contributed by atoms with Crippen molar-refractivity contribution in [1.82, 2.24) is 14.9 Å². The van der Waals surface area contributed by atoms with Crippen molar-refractivity contribution in [1.29, 1.82) is 0 Å². The van der Waals surface area contributed by atoms with Gasteiger partial charge in [-0.3, -0.25) is 0 Å². The van der Waals surface area contributed by atoms with Gasteiger partial charge in [-0.15, -0.1) is 0 Å². The summed E-state index contributed by atoms with van der Waals surface area (Å²) in [6.45, 7) is 5.69. The van der Waals surface area contributed by atoms with Gasteiger partial charge >= 0.3 is 0 Å². The van der Waals surface area contributed by atoms with Gasteiger partial charge in [0.05, 0.1) is 0 Å². The first-order valence-electron chi connectivity index (χ1n) is 7.33. The van der Waals surface area contributed by atoms with E-state index in [1.807, 2.05) is 19.2 Å². The number of aryl methyl sites for hydroxylation is 1. The Hall–Kier alpha value is -0.960. The van der Waals surface area contributed by atoms with Crippen molar-refractivity contribution >= 4 is 0 Å². The molecule has 0 N–H and O–H groups in total. The first-order chi connectivity index (χ1) is 8.81. The van der Waals surface area contributed by atoms with E-state index in [0.717, 1.165) is 17.4 Å². The van der Waals surface area contributed by atoms with Gasteiger partial charge < -0.3 is 4.90 Å². The van der Waals surface area contributed by atoms with Crippen molar-refractivity contribution in [3.63, 3.8) is 0 Å². The molecule has 18 heavy (non-hydrogen) atoms. The van der Waals surface area contributed by atoms with Gasteiger partial charge in [0, 0.05) is 37.4 Å². The third-order valence-corrected chi connectivity index (χ3v) is 4.38. The predicted molar refractivity (Wildman–Crippen MR) is 72.5 cm³/mol. The molecule has 1 aliphatic heterocycles. The van der Waals surface area contributed by atoms with Crippen molar-refractivity contribution in [3.8, 4) is 0 Å². The zero-order valence-electron chi connectivity index (χ0n) is 11.3. The Balaban J connectivity index is 1.48. The molecule has 0 bridgehead atoms. The molecule has 1 aliphatic carbocycles. The average Bonchev–Trinajstić information content (AvgIpc) is 2.34. The number of hydrogen-bond acceptors (Lipinski definition) is 3. The molecule has 1 saturated carbocycles. The number of nitrogens with zero attached hydrogens (tertiary/aromatic N) is 3. The van der Waals surface area contributed by atoms with Gasteiger partial charge in [0.1, 0.15) is 5.82 Å². The van der Waals surface area contributed by atoms with E-state index >= 15 is 0 Å². The molecule has 3 heteroatoms. The summed E-state index contributed by atoms with van der Waals surface area (Å²) < 4.78 is 0. The molecule has 0 spiro atoms. The Kier molecular flexibility index (Phi) is 3.59. The Morgan fingerprint density at radius 2 is 2.00 bits per heavy atom. The number of likely N-dealkylation sites (tertiary alicyclic amines) is 1. The van der Waals surface area contributed by atoms with Crippen LogP contribution in [0.5, 0.6) is 0 Å². The van der Waals surface area contributed by atoms with E-state index in [9.17, 15) is 0 Å². The van der Waals surface area contributed by atoms with Crippen molar-refractivity contribution in [3.05, 3.63) is 23.8 Å². The lowest BCUT2D eigenvalue weighted by atomic mass is 9.87. The van der Waals surface area contributed by atoms with E-state index in [-0.39, 0.29) is 0 Å². The average molecular weight is 245 g/mol. The lowest BCUT2D eigenvalue weighted by molar-refractivity contribution is 0.107. The summed E-state index contributed by atoms with van der Waals surface area (Å²) in [5.41, 5.74) is 1.09. The SMILES string of the molecule is Cc1ccnc(C2CN(CC3CCCCC3)C2)n1. The smallest absolute Gasteiger partial charge is 0.134 e. The second kappa shape index (κ2) is 5.35. The topological polar surface area (TPSA) is 29.0 Å². The van der Waals surface area contributed by atoms with E-state index in [1.165, 1.54) is 51.7 Å². The molecule has 2 fully saturated rings. The van der Waals surface area contributed by atoms with Crippen molar-refractivity contribution in [2.75, 3.05) is 19.6 Å². The molecule has 1 saturated heterocycles. The molecular formula is C15H23N3. The lowest BCUT2D eigenvalue weighted by Gasteiger charge is -2.41. The lowest BCUT2D eigenvalue weighted by Crippen LogP contribution is -2.47. The highest BCUT2D eigenvalue weighted by atomic mass is 15.2. The van der Waals surface area contributed by atoms with Gasteiger partial charge in [-0.1, -0.05) is 19.3 Å². The monoisotopic (exact) mass is 245 g/mol. The van der Waals surface area contributed by atoms with Crippen LogP contribution in [0, 0.1) is 12.8 Å². The van der Waals surface area contributed by atoms with Crippen molar-refractivity contribution in [2.24, 2.45) is 5.92 Å². The maximum absolute atomic E-state index is 4.54. The predicted octanol–water partition coefficient (Wildman–Crippen LogP) is 2.76. The second-order valence-corrected chi connectivity index (χ2v) is 5.98. The quantitative estimate of drug-likeness (QED) is 0.820. The van der Waals surface area contributed by atoms with Crippen LogP contribution < -0.4 is 0 Å². The highest BCUT2D eigenvalue weighted by Crippen LogP contribution is 2.29. The first kappa shape index (κ1) is 12.1. The van der Waals surface area contributed by atoms with Crippen LogP contribution in [0.25, 0.3) is 0 Å². The Morgan fingerprint density at radius 1 is 1.22 bits per heavy atom. The van der Waals surface area contributed by atoms with Gasteiger partial charge in [0.25, 0.3) is 0 Å². The number of hydrogen-bond donors (Lipinski definition) is 0. The van der Waals surface area contributed by atoms with Crippen LogP contribution >= 0.6 is 0 Å². The zero-order valence-corrected chi connectivity index (χ0v) is 11.3. The maximum Gasteiger partial charge on any atom is 0.134 e. The van der Waals surface area contributed by atoms with E-state index in [1.54, 1.807) is 0 Å². The first-order valence-corrected chi connectivity index (χ1v) is 7.33. The fourth-order valence-corrected chi connectivity index (χ4v) is 3.28. The van der Waals surface area contributed by atoms with E-state index < -0.39 is 0 Å². The summed E-state index contributed by atoms with van der Waals surface area (Å²) in [5, 5.41) is 0. The summed E-state index contributed by atoms with van der Waals surface area (Å²) in [6.07, 6.45) is 9.13. The van der Waals surface area contributed by atoms with Crippen LogP contribution in [0.3, 0.4) is 0 Å². The third kappa shape index (κ3) is 2.72. The molecule has 0 radical (unpaired) electrons. The minimum atomic E-state index is 0.577. The van der Waals surface area contributed by atoms with Gasteiger partial charge in [-0.05, 0) is 31.7 Å². The largest absolute Gasteiger partial charge is 0.302 e. The highest BCUT2D eigenvalue weighted by Gasteiger charge is 2.31. The highest BCUT2D eigenvalue weighted by molar-refractivity contribution is 5.08. The molecule has 1 aromatic heterocycles. The maximum atomic E-state index is 4.54. The van der Waals surface area contributed by atoms with E-state index in [4.69, 9.17) is 0 Å². The molecule has 0 atom stereocenters. The van der Waals surface area contributed by atoms with Gasteiger partial charge in [0.15, 0.2) is 0 Å². The van der Waals surface area contributed by atoms with Crippen molar-refractivity contribution in [2.45, 2.75) is 44.9 Å². The minimum Gasteiger partial charge on any atom is -0.302 e. The summed E-state index contributed by atoms with van der Waals surface area (Å²) in [5.74, 6) is 2.58. The summed E-state index contributed by atoms with van der Waals surface area (Å²) >= 11 is 0. The molecule has 2 aliphatic rings. The van der Waals surface area contributed by atoms with E-state index in [0.29, 0.717) is 5.92 Å². The molecule has 0 amide bonds. The van der Waals surface area contributed by atoms with Gasteiger partial charge in [0.2, 0.25) is 0 Å². The Morgan fingerprint density at radius 3 is 2.72 bits per heavy atom.